The Kier molecular flexibility index (Phi) is 4.93. The third-order valence-corrected chi connectivity index (χ3v) is 2.00. The Hall–Kier alpha value is -2.11. The predicted octanol–water partition coefficient (Wildman–Crippen LogP) is 0.752. The van der Waals surface area contributed by atoms with Crippen molar-refractivity contribution in [1.29, 1.82) is 0 Å². The first-order chi connectivity index (χ1) is 8.08. The standard InChI is InChI=1S/C11H13FN2O3/c12-9-3-1-8(2-4-9)7-10(15)13-5-6-14-11(16)17/h1-4,14H,5-7H2,(H,13,15)(H,16,17). The minimum absolute atomic E-state index is 0.146. The number of hydrogen-bond acceptors (Lipinski definition) is 2. The second-order valence-electron chi connectivity index (χ2n) is 3.39. The maximum absolute atomic E-state index is 12.6. The molecule has 0 aliphatic carbocycles. The lowest BCUT2D eigenvalue weighted by atomic mass is 10.1. The van der Waals surface area contributed by atoms with Crippen LogP contribution in [0.1, 0.15) is 5.56 Å². The van der Waals surface area contributed by atoms with Crippen LogP contribution in [-0.4, -0.2) is 30.2 Å². The molecule has 2 amide bonds. The molecule has 0 fully saturated rings. The molecule has 0 saturated heterocycles. The van der Waals surface area contributed by atoms with Crippen molar-refractivity contribution in [1.82, 2.24) is 10.6 Å². The van der Waals surface area contributed by atoms with E-state index in [1.54, 1.807) is 0 Å². The molecule has 0 aliphatic heterocycles. The first-order valence-corrected chi connectivity index (χ1v) is 5.06. The summed E-state index contributed by atoms with van der Waals surface area (Å²) in [6, 6.07) is 5.64. The molecule has 0 radical (unpaired) electrons. The van der Waals surface area contributed by atoms with Crippen LogP contribution in [0.15, 0.2) is 24.3 Å². The summed E-state index contributed by atoms with van der Waals surface area (Å²) in [5.74, 6) is -0.580. The highest BCUT2D eigenvalue weighted by Crippen LogP contribution is 2.03. The number of nitrogens with one attached hydrogen (secondary N) is 2. The molecule has 5 nitrogen and oxygen atoms in total. The summed E-state index contributed by atoms with van der Waals surface area (Å²) in [6.07, 6.45) is -0.981. The maximum atomic E-state index is 12.6. The first-order valence-electron chi connectivity index (χ1n) is 5.06. The van der Waals surface area contributed by atoms with E-state index in [4.69, 9.17) is 5.11 Å². The van der Waals surface area contributed by atoms with Crippen molar-refractivity contribution in [3.63, 3.8) is 0 Å². The van der Waals surface area contributed by atoms with E-state index < -0.39 is 6.09 Å². The van der Waals surface area contributed by atoms with Crippen LogP contribution in [0, 0.1) is 5.82 Å². The van der Waals surface area contributed by atoms with Crippen molar-refractivity contribution in [2.24, 2.45) is 0 Å². The number of amides is 2. The molecule has 0 unspecified atom stereocenters. The van der Waals surface area contributed by atoms with E-state index in [1.807, 2.05) is 0 Å². The zero-order valence-electron chi connectivity index (χ0n) is 9.07. The summed E-state index contributed by atoms with van der Waals surface area (Å²) in [4.78, 5) is 21.5. The number of carbonyl (C=O) groups excluding carboxylic acids is 1. The van der Waals surface area contributed by atoms with E-state index in [0.29, 0.717) is 5.56 Å². The van der Waals surface area contributed by atoms with Crippen LogP contribution in [-0.2, 0) is 11.2 Å². The Labute approximate surface area is 97.6 Å². The number of carboxylic acid groups (broad SMARTS) is 1. The number of benzene rings is 1. The minimum Gasteiger partial charge on any atom is -0.465 e. The summed E-state index contributed by atoms with van der Waals surface area (Å²) in [6.45, 7) is 0.386. The zero-order valence-corrected chi connectivity index (χ0v) is 9.07. The molecule has 0 bridgehead atoms. The monoisotopic (exact) mass is 240 g/mol. The molecule has 0 atom stereocenters. The highest BCUT2D eigenvalue weighted by molar-refractivity contribution is 5.78. The number of hydrogen-bond donors (Lipinski definition) is 3. The highest BCUT2D eigenvalue weighted by atomic mass is 19.1. The third kappa shape index (κ3) is 5.50. The molecule has 92 valence electrons. The summed E-state index contributed by atoms with van der Waals surface area (Å²) < 4.78 is 12.6. The molecule has 6 heteroatoms. The van der Waals surface area contributed by atoms with Gasteiger partial charge in [-0.2, -0.15) is 0 Å². The Balaban J connectivity index is 2.25. The zero-order chi connectivity index (χ0) is 12.7. The summed E-state index contributed by atoms with van der Waals surface area (Å²) in [7, 11) is 0. The van der Waals surface area contributed by atoms with Gasteiger partial charge in [0.1, 0.15) is 5.82 Å². The molecule has 1 rings (SSSR count). The van der Waals surface area contributed by atoms with Crippen LogP contribution in [0.2, 0.25) is 0 Å². The van der Waals surface area contributed by atoms with Gasteiger partial charge in [-0.1, -0.05) is 12.1 Å². The van der Waals surface area contributed by atoms with E-state index in [1.165, 1.54) is 24.3 Å². The quantitative estimate of drug-likeness (QED) is 0.664. The van der Waals surface area contributed by atoms with Gasteiger partial charge in [-0.25, -0.2) is 9.18 Å². The van der Waals surface area contributed by atoms with Gasteiger partial charge < -0.3 is 15.7 Å². The van der Waals surface area contributed by atoms with E-state index in [-0.39, 0.29) is 31.2 Å². The molecular weight excluding hydrogens is 227 g/mol. The number of rotatable bonds is 5. The van der Waals surface area contributed by atoms with E-state index in [2.05, 4.69) is 10.6 Å². The number of carbonyl (C=O) groups is 2. The van der Waals surface area contributed by atoms with Crippen LogP contribution in [0.5, 0.6) is 0 Å². The van der Waals surface area contributed by atoms with E-state index in [9.17, 15) is 14.0 Å². The normalized spacial score (nSPS) is 9.71. The third-order valence-electron chi connectivity index (χ3n) is 2.00. The van der Waals surface area contributed by atoms with Gasteiger partial charge in [0.05, 0.1) is 6.42 Å². The average molecular weight is 240 g/mol. The average Bonchev–Trinajstić information content (AvgIpc) is 2.27. The van der Waals surface area contributed by atoms with Gasteiger partial charge in [0.2, 0.25) is 5.91 Å². The van der Waals surface area contributed by atoms with Crippen molar-refractivity contribution in [3.8, 4) is 0 Å². The molecule has 1 aromatic carbocycles. The second-order valence-corrected chi connectivity index (χ2v) is 3.39. The Morgan fingerprint density at radius 3 is 2.29 bits per heavy atom. The molecule has 0 saturated carbocycles. The fourth-order valence-corrected chi connectivity index (χ4v) is 1.22. The van der Waals surface area contributed by atoms with Crippen molar-refractivity contribution in [2.45, 2.75) is 6.42 Å². The lowest BCUT2D eigenvalue weighted by Crippen LogP contribution is -2.34. The molecular formula is C11H13FN2O3. The van der Waals surface area contributed by atoms with Gasteiger partial charge in [0.15, 0.2) is 0 Å². The predicted molar refractivity (Wildman–Crippen MR) is 59.1 cm³/mol. The van der Waals surface area contributed by atoms with Crippen LogP contribution in [0.3, 0.4) is 0 Å². The Morgan fingerprint density at radius 1 is 1.12 bits per heavy atom. The van der Waals surface area contributed by atoms with Crippen LogP contribution in [0.25, 0.3) is 0 Å². The largest absolute Gasteiger partial charge is 0.465 e. The first kappa shape index (κ1) is 13.0. The summed E-state index contributed by atoms with van der Waals surface area (Å²) >= 11 is 0. The van der Waals surface area contributed by atoms with Crippen molar-refractivity contribution >= 4 is 12.0 Å². The van der Waals surface area contributed by atoms with Gasteiger partial charge in [-0.05, 0) is 17.7 Å². The summed E-state index contributed by atoms with van der Waals surface area (Å²) in [5.41, 5.74) is 0.704. The molecule has 17 heavy (non-hydrogen) atoms. The van der Waals surface area contributed by atoms with Gasteiger partial charge in [0.25, 0.3) is 0 Å². The molecule has 0 aromatic heterocycles. The van der Waals surface area contributed by atoms with Crippen LogP contribution >= 0.6 is 0 Å². The Bertz CT molecular complexity index is 392. The van der Waals surface area contributed by atoms with Crippen LogP contribution in [0.4, 0.5) is 9.18 Å². The van der Waals surface area contributed by atoms with Gasteiger partial charge >= 0.3 is 6.09 Å². The van der Waals surface area contributed by atoms with Crippen LogP contribution < -0.4 is 10.6 Å². The molecule has 1 aromatic rings. The lowest BCUT2D eigenvalue weighted by Gasteiger charge is -2.05. The van der Waals surface area contributed by atoms with Gasteiger partial charge in [-0.15, -0.1) is 0 Å². The van der Waals surface area contributed by atoms with Crippen molar-refractivity contribution in [2.75, 3.05) is 13.1 Å². The van der Waals surface area contributed by atoms with E-state index >= 15 is 0 Å². The van der Waals surface area contributed by atoms with Crippen molar-refractivity contribution in [3.05, 3.63) is 35.6 Å². The fraction of sp³-hybridized carbons (Fsp3) is 0.273. The fourth-order valence-electron chi connectivity index (χ4n) is 1.22. The topological polar surface area (TPSA) is 78.4 Å². The molecule has 0 heterocycles. The molecule has 3 N–H and O–H groups in total. The Morgan fingerprint density at radius 2 is 1.71 bits per heavy atom. The SMILES string of the molecule is O=C(O)NCCNC(=O)Cc1ccc(F)cc1. The minimum atomic E-state index is -1.13. The van der Waals surface area contributed by atoms with E-state index in [0.717, 1.165) is 0 Å². The second kappa shape index (κ2) is 6.47. The lowest BCUT2D eigenvalue weighted by molar-refractivity contribution is -0.120. The molecule has 0 spiro atoms. The van der Waals surface area contributed by atoms with Crippen molar-refractivity contribution < 1.29 is 19.1 Å². The highest BCUT2D eigenvalue weighted by Gasteiger charge is 2.03. The summed E-state index contributed by atoms with van der Waals surface area (Å²) in [5, 5.41) is 12.9. The van der Waals surface area contributed by atoms with Gasteiger partial charge in [-0.3, -0.25) is 4.79 Å². The maximum Gasteiger partial charge on any atom is 0.404 e. The smallest absolute Gasteiger partial charge is 0.404 e. The number of halogens is 1. The van der Waals surface area contributed by atoms with Gasteiger partial charge in [0, 0.05) is 13.1 Å². The molecule has 0 aliphatic rings.